The van der Waals surface area contributed by atoms with Gasteiger partial charge in [0.05, 0.1) is 0 Å². The predicted octanol–water partition coefficient (Wildman–Crippen LogP) is 0.261. The van der Waals surface area contributed by atoms with E-state index in [9.17, 15) is 23.1 Å². The summed E-state index contributed by atoms with van der Waals surface area (Å²) in [5.74, 6) is -1.50. The van der Waals surface area contributed by atoms with E-state index in [1.165, 1.54) is 15.4 Å². The summed E-state index contributed by atoms with van der Waals surface area (Å²) in [6.45, 7) is 0.648. The highest BCUT2D eigenvalue weighted by Gasteiger charge is 2.58. The van der Waals surface area contributed by atoms with Gasteiger partial charge in [-0.1, -0.05) is 0 Å². The Labute approximate surface area is 149 Å². The van der Waals surface area contributed by atoms with E-state index >= 15 is 0 Å². The number of sulfonamides is 1. The molecule has 0 aromatic carbocycles. The summed E-state index contributed by atoms with van der Waals surface area (Å²) in [6, 6.07) is 3.36. The topological polar surface area (TPSA) is 124 Å². The van der Waals surface area contributed by atoms with Crippen LogP contribution < -0.4 is 0 Å². The lowest BCUT2D eigenvalue weighted by Crippen LogP contribution is -2.53. The van der Waals surface area contributed by atoms with Crippen LogP contribution in [0.15, 0.2) is 29.4 Å². The van der Waals surface area contributed by atoms with Crippen LogP contribution in [-0.4, -0.2) is 70.8 Å². The summed E-state index contributed by atoms with van der Waals surface area (Å²) in [7, 11) is -3.72. The van der Waals surface area contributed by atoms with E-state index in [4.69, 9.17) is 0 Å². The van der Waals surface area contributed by atoms with E-state index in [1.807, 2.05) is 0 Å². The van der Waals surface area contributed by atoms with Crippen molar-refractivity contribution in [2.24, 2.45) is 5.41 Å². The molecular weight excluding hydrogens is 360 g/mol. The second-order valence-corrected chi connectivity index (χ2v) is 8.54. The highest BCUT2D eigenvalue weighted by Crippen LogP contribution is 2.47. The lowest BCUT2D eigenvalue weighted by Gasteiger charge is -2.35. The molecule has 1 aliphatic heterocycles. The van der Waals surface area contributed by atoms with Crippen LogP contribution in [0.3, 0.4) is 0 Å². The number of amides is 1. The fraction of sp³-hybridized carbons (Fsp3) is 0.438. The molecule has 2 fully saturated rings. The van der Waals surface area contributed by atoms with Crippen LogP contribution in [0.5, 0.6) is 0 Å². The second kappa shape index (κ2) is 5.78. The first-order chi connectivity index (χ1) is 12.4. The van der Waals surface area contributed by atoms with Gasteiger partial charge in [0.1, 0.15) is 16.0 Å². The molecule has 1 aliphatic carbocycles. The van der Waals surface area contributed by atoms with Gasteiger partial charge in [0.25, 0.3) is 0 Å². The number of aromatic amines is 1. The Morgan fingerprint density at radius 3 is 2.50 bits per heavy atom. The minimum Gasteiger partial charge on any atom is -0.480 e. The second-order valence-electron chi connectivity index (χ2n) is 6.64. The third-order valence-electron chi connectivity index (χ3n) is 5.13. The Kier molecular flexibility index (Phi) is 3.77. The van der Waals surface area contributed by atoms with Gasteiger partial charge in [0, 0.05) is 44.0 Å². The van der Waals surface area contributed by atoms with Gasteiger partial charge < -0.3 is 15.0 Å². The number of pyridine rings is 1. The molecule has 3 heterocycles. The number of carboxylic acids is 1. The van der Waals surface area contributed by atoms with Gasteiger partial charge in [-0.25, -0.2) is 13.4 Å². The van der Waals surface area contributed by atoms with Crippen molar-refractivity contribution < 1.29 is 23.1 Å². The molecule has 2 aromatic heterocycles. The summed E-state index contributed by atoms with van der Waals surface area (Å²) < 4.78 is 27.2. The molecule has 4 rings (SSSR count). The highest BCUT2D eigenvalue weighted by atomic mass is 32.2. The molecule has 0 unspecified atom stereocenters. The third kappa shape index (κ3) is 2.48. The average Bonchev–Trinajstić information content (AvgIpc) is 3.34. The third-order valence-corrected chi connectivity index (χ3v) is 7.06. The number of nitrogens with one attached hydrogen (secondary N) is 1. The van der Waals surface area contributed by atoms with Gasteiger partial charge in [-0.2, -0.15) is 4.31 Å². The van der Waals surface area contributed by atoms with Crippen molar-refractivity contribution in [2.75, 3.05) is 26.2 Å². The molecule has 1 saturated heterocycles. The maximum atomic E-state index is 12.9. The fourth-order valence-electron chi connectivity index (χ4n) is 3.36. The fourth-order valence-corrected chi connectivity index (χ4v) is 4.93. The maximum absolute atomic E-state index is 12.9. The van der Waals surface area contributed by atoms with Gasteiger partial charge >= 0.3 is 5.97 Å². The van der Waals surface area contributed by atoms with E-state index < -0.39 is 27.3 Å². The Morgan fingerprint density at radius 2 is 1.88 bits per heavy atom. The molecule has 2 aromatic rings. The normalized spacial score (nSPS) is 20.2. The molecule has 2 N–H and O–H groups in total. The number of nitrogens with zero attached hydrogens (tertiary/aromatic N) is 3. The van der Waals surface area contributed by atoms with Gasteiger partial charge in [-0.3, -0.25) is 9.59 Å². The molecule has 0 bridgehead atoms. The van der Waals surface area contributed by atoms with Gasteiger partial charge in [-0.15, -0.1) is 0 Å². The van der Waals surface area contributed by atoms with E-state index in [2.05, 4.69) is 9.97 Å². The Bertz CT molecular complexity index is 987. The summed E-state index contributed by atoms with van der Waals surface area (Å²) in [6.07, 6.45) is 3.70. The SMILES string of the molecule is O=C(O)C1(C(=O)N2CCN(S(=O)(=O)c3c[nH]c4ncccc34)CC2)CC1. The van der Waals surface area contributed by atoms with Crippen LogP contribution in [0, 0.1) is 5.41 Å². The number of fused-ring (bicyclic) bond motifs is 1. The number of carboxylic acid groups (broad SMARTS) is 1. The number of rotatable bonds is 4. The van der Waals surface area contributed by atoms with Crippen LogP contribution in [-0.2, 0) is 19.6 Å². The first kappa shape index (κ1) is 17.0. The summed E-state index contributed by atoms with van der Waals surface area (Å²) in [5.41, 5.74) is -0.791. The van der Waals surface area contributed by atoms with Crippen molar-refractivity contribution in [1.29, 1.82) is 0 Å². The van der Waals surface area contributed by atoms with Crippen molar-refractivity contribution in [3.8, 4) is 0 Å². The van der Waals surface area contributed by atoms with Crippen molar-refractivity contribution >= 4 is 32.9 Å². The Balaban J connectivity index is 1.51. The summed E-state index contributed by atoms with van der Waals surface area (Å²) in [4.78, 5) is 32.3. The molecule has 0 atom stereocenters. The minimum atomic E-state index is -3.72. The number of aliphatic carboxylic acids is 1. The van der Waals surface area contributed by atoms with Gasteiger partial charge in [0.2, 0.25) is 15.9 Å². The van der Waals surface area contributed by atoms with E-state index in [0.717, 1.165) is 0 Å². The molecule has 0 radical (unpaired) electrons. The Morgan fingerprint density at radius 1 is 1.19 bits per heavy atom. The van der Waals surface area contributed by atoms with Crippen LogP contribution in [0.25, 0.3) is 11.0 Å². The smallest absolute Gasteiger partial charge is 0.319 e. The van der Waals surface area contributed by atoms with E-state index in [0.29, 0.717) is 23.9 Å². The van der Waals surface area contributed by atoms with Crippen LogP contribution >= 0.6 is 0 Å². The molecule has 1 amide bonds. The van der Waals surface area contributed by atoms with Crippen molar-refractivity contribution in [2.45, 2.75) is 17.7 Å². The number of carbonyl (C=O) groups excluding carboxylic acids is 1. The lowest BCUT2D eigenvalue weighted by molar-refractivity contribution is -0.154. The first-order valence-corrected chi connectivity index (χ1v) is 9.75. The quantitative estimate of drug-likeness (QED) is 0.736. The molecule has 26 heavy (non-hydrogen) atoms. The molecule has 1 saturated carbocycles. The molecule has 9 nitrogen and oxygen atoms in total. The molecule has 138 valence electrons. The van der Waals surface area contributed by atoms with Crippen LogP contribution in [0.4, 0.5) is 0 Å². The number of hydrogen-bond donors (Lipinski definition) is 2. The van der Waals surface area contributed by atoms with Crippen molar-refractivity contribution in [3.05, 3.63) is 24.5 Å². The zero-order valence-electron chi connectivity index (χ0n) is 13.9. The minimum absolute atomic E-state index is 0.136. The number of carbonyl (C=O) groups is 2. The summed E-state index contributed by atoms with van der Waals surface area (Å²) in [5, 5.41) is 9.77. The molecule has 10 heteroatoms. The molecule has 2 aliphatic rings. The zero-order chi connectivity index (χ0) is 18.5. The molecular formula is C16H18N4O5S. The number of aromatic nitrogens is 2. The van der Waals surface area contributed by atoms with Crippen molar-refractivity contribution in [3.63, 3.8) is 0 Å². The van der Waals surface area contributed by atoms with Crippen LogP contribution in [0.2, 0.25) is 0 Å². The van der Waals surface area contributed by atoms with E-state index in [1.54, 1.807) is 18.3 Å². The summed E-state index contributed by atoms with van der Waals surface area (Å²) >= 11 is 0. The standard InChI is InChI=1S/C16H18N4O5S/c21-14(16(3-4-16)15(22)23)19-6-8-20(9-7-19)26(24,25)12-10-18-13-11(12)2-1-5-17-13/h1-2,5,10H,3-4,6-9H2,(H,17,18)(H,22,23). The number of piperazine rings is 1. The van der Waals surface area contributed by atoms with Gasteiger partial charge in [0.15, 0.2) is 0 Å². The van der Waals surface area contributed by atoms with Gasteiger partial charge in [-0.05, 0) is 25.0 Å². The van der Waals surface area contributed by atoms with E-state index in [-0.39, 0.29) is 31.1 Å². The maximum Gasteiger partial charge on any atom is 0.319 e. The van der Waals surface area contributed by atoms with Crippen LogP contribution in [0.1, 0.15) is 12.8 Å². The average molecular weight is 378 g/mol. The number of H-pyrrole nitrogens is 1. The predicted molar refractivity (Wildman–Crippen MR) is 90.7 cm³/mol. The number of hydrogen-bond acceptors (Lipinski definition) is 5. The van der Waals surface area contributed by atoms with Crippen molar-refractivity contribution in [1.82, 2.24) is 19.2 Å². The molecule has 0 spiro atoms. The Hall–Kier alpha value is -2.46. The lowest BCUT2D eigenvalue weighted by atomic mass is 10.1. The largest absolute Gasteiger partial charge is 0.480 e. The zero-order valence-corrected chi connectivity index (χ0v) is 14.7. The monoisotopic (exact) mass is 378 g/mol. The highest BCUT2D eigenvalue weighted by molar-refractivity contribution is 7.89. The first-order valence-electron chi connectivity index (χ1n) is 8.31.